The van der Waals surface area contributed by atoms with Crippen molar-refractivity contribution in [3.8, 4) is 5.75 Å². The lowest BCUT2D eigenvalue weighted by Gasteiger charge is -2.12. The summed E-state index contributed by atoms with van der Waals surface area (Å²) >= 11 is 4.77. The first-order valence-electron chi connectivity index (χ1n) is 4.86. The number of halogens is 2. The van der Waals surface area contributed by atoms with Crippen LogP contribution in [0.15, 0.2) is 33.4 Å². The van der Waals surface area contributed by atoms with Crippen molar-refractivity contribution in [2.75, 3.05) is 7.11 Å². The summed E-state index contributed by atoms with van der Waals surface area (Å²) in [6.45, 7) is 0. The van der Waals surface area contributed by atoms with E-state index in [2.05, 4.69) is 15.9 Å². The van der Waals surface area contributed by atoms with E-state index >= 15 is 0 Å². The van der Waals surface area contributed by atoms with E-state index in [4.69, 9.17) is 4.74 Å². The molecule has 90 valence electrons. The number of benzene rings is 1. The van der Waals surface area contributed by atoms with Crippen molar-refractivity contribution < 1.29 is 14.2 Å². The molecule has 0 aliphatic carbocycles. The third-order valence-corrected chi connectivity index (χ3v) is 4.19. The molecule has 0 spiro atoms. The first kappa shape index (κ1) is 12.5. The quantitative estimate of drug-likeness (QED) is 0.934. The summed E-state index contributed by atoms with van der Waals surface area (Å²) in [4.78, 5) is 0. The average molecular weight is 317 g/mol. The second-order valence-corrected chi connectivity index (χ2v) is 5.06. The fourth-order valence-electron chi connectivity index (χ4n) is 1.51. The molecule has 2 aromatic rings. The predicted molar refractivity (Wildman–Crippen MR) is 69.0 cm³/mol. The Hall–Kier alpha value is -0.910. The molecule has 1 atom stereocenters. The molecule has 0 amide bonds. The zero-order valence-corrected chi connectivity index (χ0v) is 11.4. The molecule has 0 saturated carbocycles. The predicted octanol–water partition coefficient (Wildman–Crippen LogP) is 3.74. The summed E-state index contributed by atoms with van der Waals surface area (Å²) in [7, 11) is 1.47. The van der Waals surface area contributed by atoms with Gasteiger partial charge in [0.2, 0.25) is 0 Å². The van der Waals surface area contributed by atoms with Crippen LogP contribution >= 0.6 is 27.3 Å². The number of thiophene rings is 1. The average Bonchev–Trinajstić information content (AvgIpc) is 2.74. The molecule has 0 fully saturated rings. The summed E-state index contributed by atoms with van der Waals surface area (Å²) in [5.41, 5.74) is 0.906. The molecule has 2 nitrogen and oxygen atoms in total. The van der Waals surface area contributed by atoms with Crippen LogP contribution in [0.5, 0.6) is 5.75 Å². The number of methoxy groups -OCH3 is 1. The van der Waals surface area contributed by atoms with Gasteiger partial charge in [-0.05, 0) is 33.4 Å². The molecular weight excluding hydrogens is 307 g/mol. The van der Waals surface area contributed by atoms with Gasteiger partial charge >= 0.3 is 0 Å². The van der Waals surface area contributed by atoms with Gasteiger partial charge in [-0.2, -0.15) is 11.3 Å². The first-order valence-corrected chi connectivity index (χ1v) is 6.60. The number of rotatable bonds is 3. The van der Waals surface area contributed by atoms with Gasteiger partial charge in [0.05, 0.1) is 7.11 Å². The number of aliphatic hydroxyl groups excluding tert-OH is 1. The molecule has 1 N–H and O–H groups in total. The molecule has 0 saturated heterocycles. The molecule has 5 heteroatoms. The minimum Gasteiger partial charge on any atom is -0.497 e. The minimum atomic E-state index is -0.971. The Kier molecular flexibility index (Phi) is 3.81. The van der Waals surface area contributed by atoms with Crippen molar-refractivity contribution in [2.45, 2.75) is 6.10 Å². The maximum absolute atomic E-state index is 13.8. The van der Waals surface area contributed by atoms with Crippen LogP contribution in [0.2, 0.25) is 0 Å². The summed E-state index contributed by atoms with van der Waals surface area (Å²) < 4.78 is 19.5. The van der Waals surface area contributed by atoms with E-state index in [1.807, 2.05) is 5.38 Å². The summed E-state index contributed by atoms with van der Waals surface area (Å²) in [6, 6.07) is 4.42. The van der Waals surface area contributed by atoms with Crippen molar-refractivity contribution >= 4 is 27.3 Å². The van der Waals surface area contributed by atoms with Gasteiger partial charge in [0, 0.05) is 27.0 Å². The molecule has 0 aliphatic rings. The fraction of sp³-hybridized carbons (Fsp3) is 0.167. The molecular formula is C12H10BrFO2S. The first-order chi connectivity index (χ1) is 8.13. The van der Waals surface area contributed by atoms with Gasteiger partial charge in [0.15, 0.2) is 0 Å². The van der Waals surface area contributed by atoms with E-state index in [0.29, 0.717) is 11.3 Å². The zero-order chi connectivity index (χ0) is 12.4. The lowest BCUT2D eigenvalue weighted by Crippen LogP contribution is -2.02. The van der Waals surface area contributed by atoms with Gasteiger partial charge in [-0.25, -0.2) is 4.39 Å². The van der Waals surface area contributed by atoms with E-state index in [-0.39, 0.29) is 5.56 Å². The second kappa shape index (κ2) is 5.16. The Morgan fingerprint density at radius 2 is 2.12 bits per heavy atom. The summed E-state index contributed by atoms with van der Waals surface area (Å²) in [5.74, 6) is -0.0437. The Labute approximate surface area is 111 Å². The Morgan fingerprint density at radius 3 is 2.65 bits per heavy atom. The zero-order valence-electron chi connectivity index (χ0n) is 8.98. The maximum atomic E-state index is 13.8. The molecule has 0 aliphatic heterocycles. The van der Waals surface area contributed by atoms with Crippen molar-refractivity contribution in [1.82, 2.24) is 0 Å². The van der Waals surface area contributed by atoms with Gasteiger partial charge in [0.25, 0.3) is 0 Å². The van der Waals surface area contributed by atoms with E-state index in [1.54, 1.807) is 11.4 Å². The number of ether oxygens (including phenoxy) is 1. The summed E-state index contributed by atoms with van der Waals surface area (Å²) in [6.07, 6.45) is -0.971. The van der Waals surface area contributed by atoms with Crippen molar-refractivity contribution in [2.24, 2.45) is 0 Å². The lowest BCUT2D eigenvalue weighted by atomic mass is 10.0. The Morgan fingerprint density at radius 1 is 1.35 bits per heavy atom. The summed E-state index contributed by atoms with van der Waals surface area (Å²) in [5, 5.41) is 13.7. The third kappa shape index (κ3) is 2.51. The van der Waals surface area contributed by atoms with Crippen LogP contribution in [0.1, 0.15) is 17.2 Å². The standard InChI is InChI=1S/C12H10BrFO2S/c1-16-7-2-3-8(11(14)4-7)12(15)9-5-17-6-10(9)13/h2-6,12,15H,1H3. The number of hydrogen-bond acceptors (Lipinski definition) is 3. The molecule has 17 heavy (non-hydrogen) atoms. The van der Waals surface area contributed by atoms with Crippen LogP contribution < -0.4 is 4.74 Å². The molecule has 1 heterocycles. The highest BCUT2D eigenvalue weighted by Crippen LogP contribution is 2.33. The van der Waals surface area contributed by atoms with Gasteiger partial charge in [-0.3, -0.25) is 0 Å². The van der Waals surface area contributed by atoms with Crippen LogP contribution in [0.3, 0.4) is 0 Å². The van der Waals surface area contributed by atoms with Crippen LogP contribution in [0.4, 0.5) is 4.39 Å². The fourth-order valence-corrected chi connectivity index (χ4v) is 3.04. The van der Waals surface area contributed by atoms with Crippen molar-refractivity contribution in [3.05, 3.63) is 50.4 Å². The third-order valence-electron chi connectivity index (χ3n) is 2.44. The van der Waals surface area contributed by atoms with E-state index in [1.165, 1.54) is 30.6 Å². The van der Waals surface area contributed by atoms with Crippen LogP contribution in [-0.4, -0.2) is 12.2 Å². The monoisotopic (exact) mass is 316 g/mol. The van der Waals surface area contributed by atoms with E-state index in [9.17, 15) is 9.50 Å². The maximum Gasteiger partial charge on any atom is 0.133 e. The topological polar surface area (TPSA) is 29.5 Å². The van der Waals surface area contributed by atoms with Gasteiger partial charge < -0.3 is 9.84 Å². The van der Waals surface area contributed by atoms with Crippen molar-refractivity contribution in [3.63, 3.8) is 0 Å². The van der Waals surface area contributed by atoms with E-state index in [0.717, 1.165) is 4.47 Å². The highest BCUT2D eigenvalue weighted by atomic mass is 79.9. The van der Waals surface area contributed by atoms with Crippen LogP contribution in [0.25, 0.3) is 0 Å². The van der Waals surface area contributed by atoms with Crippen LogP contribution in [0, 0.1) is 5.82 Å². The van der Waals surface area contributed by atoms with Gasteiger partial charge in [-0.15, -0.1) is 0 Å². The molecule has 1 aromatic heterocycles. The molecule has 1 unspecified atom stereocenters. The van der Waals surface area contributed by atoms with Gasteiger partial charge in [-0.1, -0.05) is 0 Å². The highest BCUT2D eigenvalue weighted by molar-refractivity contribution is 9.10. The smallest absolute Gasteiger partial charge is 0.133 e. The molecule has 0 radical (unpaired) electrons. The largest absolute Gasteiger partial charge is 0.497 e. The highest BCUT2D eigenvalue weighted by Gasteiger charge is 2.18. The Bertz CT molecular complexity index is 527. The van der Waals surface area contributed by atoms with Gasteiger partial charge in [0.1, 0.15) is 17.7 Å². The number of aliphatic hydroxyl groups is 1. The minimum absolute atomic E-state index is 0.241. The molecule has 1 aromatic carbocycles. The number of hydrogen-bond donors (Lipinski definition) is 1. The normalized spacial score (nSPS) is 12.5. The molecule has 2 rings (SSSR count). The van der Waals surface area contributed by atoms with Crippen LogP contribution in [-0.2, 0) is 0 Å². The second-order valence-electron chi connectivity index (χ2n) is 3.47. The molecule has 0 bridgehead atoms. The SMILES string of the molecule is COc1ccc(C(O)c2cscc2Br)c(F)c1. The Balaban J connectivity index is 2.38. The van der Waals surface area contributed by atoms with Crippen molar-refractivity contribution in [1.29, 1.82) is 0 Å². The lowest BCUT2D eigenvalue weighted by molar-refractivity contribution is 0.214. The van der Waals surface area contributed by atoms with E-state index < -0.39 is 11.9 Å².